The van der Waals surface area contributed by atoms with Crippen molar-refractivity contribution in [1.82, 2.24) is 14.8 Å². The zero-order valence-electron chi connectivity index (χ0n) is 18.4. The van der Waals surface area contributed by atoms with E-state index in [0.29, 0.717) is 40.9 Å². The molecule has 33 heavy (non-hydrogen) atoms. The molecule has 9 heteroatoms. The van der Waals surface area contributed by atoms with Gasteiger partial charge in [-0.2, -0.15) is 10.4 Å². The van der Waals surface area contributed by atoms with E-state index in [-0.39, 0.29) is 6.04 Å². The molecule has 4 rings (SSSR count). The molecule has 2 aromatic carbocycles. The van der Waals surface area contributed by atoms with Crippen LogP contribution in [0.4, 0.5) is 10.2 Å². The van der Waals surface area contributed by atoms with Gasteiger partial charge < -0.3 is 15.2 Å². The molecule has 0 radical (unpaired) electrons. The molecule has 7 nitrogen and oxygen atoms in total. The zero-order chi connectivity index (χ0) is 23.5. The van der Waals surface area contributed by atoms with Gasteiger partial charge in [0, 0.05) is 36.0 Å². The number of anilines is 1. The van der Waals surface area contributed by atoms with Gasteiger partial charge in [0.05, 0.1) is 9.88 Å². The fourth-order valence-electron chi connectivity index (χ4n) is 3.28. The van der Waals surface area contributed by atoms with Gasteiger partial charge in [0.25, 0.3) is 0 Å². The summed E-state index contributed by atoms with van der Waals surface area (Å²) in [6.07, 6.45) is 1.74. The van der Waals surface area contributed by atoms with Gasteiger partial charge in [0.2, 0.25) is 0 Å². The molecule has 0 aliphatic carbocycles. The zero-order valence-corrected chi connectivity index (χ0v) is 19.2. The minimum Gasteiger partial charge on any atom is -0.488 e. The molecule has 0 saturated carbocycles. The normalized spacial score (nSPS) is 10.9. The van der Waals surface area contributed by atoms with Crippen molar-refractivity contribution in [2.45, 2.75) is 33.4 Å². The Hall–Kier alpha value is -3.90. The van der Waals surface area contributed by atoms with E-state index in [9.17, 15) is 9.65 Å². The molecule has 0 amide bonds. The predicted octanol–water partition coefficient (Wildman–Crippen LogP) is 5.86. The molecule has 2 heterocycles. The van der Waals surface area contributed by atoms with E-state index < -0.39 is 5.82 Å². The minimum atomic E-state index is -0.465. The van der Waals surface area contributed by atoms with Crippen LogP contribution in [0.3, 0.4) is 0 Å². The largest absolute Gasteiger partial charge is 0.488 e. The van der Waals surface area contributed by atoms with Gasteiger partial charge in [-0.1, -0.05) is 0 Å². The standard InChI is InChI=1S/C24H22FN5O2S/c1-14(2)30-24(27)22(11-26)23(29-30)16-4-6-18(7-5-16)32-20-9-17(25)8-19(10-20)31-13-21-12-28-15(3)33-21/h4-10,12,14H,13,27H2,1-3H3. The Bertz CT molecular complexity index is 1320. The fourth-order valence-corrected chi connectivity index (χ4v) is 3.98. The van der Waals surface area contributed by atoms with E-state index >= 15 is 0 Å². The number of aromatic nitrogens is 3. The lowest BCUT2D eigenvalue weighted by Crippen LogP contribution is -2.07. The highest BCUT2D eigenvalue weighted by Crippen LogP contribution is 2.32. The highest BCUT2D eigenvalue weighted by Gasteiger charge is 2.18. The number of benzene rings is 2. The Kier molecular flexibility index (Phi) is 6.29. The third-order valence-electron chi connectivity index (χ3n) is 4.81. The number of nitrogens with zero attached hydrogens (tertiary/aromatic N) is 4. The van der Waals surface area contributed by atoms with Crippen molar-refractivity contribution >= 4 is 17.2 Å². The quantitative estimate of drug-likeness (QED) is 0.368. The SMILES string of the molecule is Cc1ncc(COc2cc(F)cc(Oc3ccc(-c4nn(C(C)C)c(N)c4C#N)cc3)c2)s1. The molecule has 0 saturated heterocycles. The van der Waals surface area contributed by atoms with Gasteiger partial charge in [-0.25, -0.2) is 14.1 Å². The molecule has 4 aromatic rings. The van der Waals surface area contributed by atoms with E-state index in [4.69, 9.17) is 15.2 Å². The minimum absolute atomic E-state index is 0.0259. The van der Waals surface area contributed by atoms with Crippen LogP contribution in [-0.2, 0) is 6.61 Å². The first-order valence-corrected chi connectivity index (χ1v) is 11.1. The van der Waals surface area contributed by atoms with Crippen molar-refractivity contribution in [1.29, 1.82) is 5.26 Å². The maximum atomic E-state index is 14.1. The van der Waals surface area contributed by atoms with Crippen LogP contribution in [0.1, 0.15) is 35.3 Å². The van der Waals surface area contributed by atoms with Gasteiger partial charge >= 0.3 is 0 Å². The number of nitrogen functional groups attached to an aromatic ring is 1. The topological polar surface area (TPSA) is 99.0 Å². The molecule has 0 aliphatic heterocycles. The summed E-state index contributed by atoms with van der Waals surface area (Å²) in [5.41, 5.74) is 7.65. The van der Waals surface area contributed by atoms with Gasteiger partial charge in [-0.05, 0) is 45.0 Å². The van der Waals surface area contributed by atoms with Crippen LogP contribution in [0.15, 0.2) is 48.7 Å². The van der Waals surface area contributed by atoms with Crippen LogP contribution in [0, 0.1) is 24.1 Å². The number of halogens is 1. The maximum Gasteiger partial charge on any atom is 0.140 e. The smallest absolute Gasteiger partial charge is 0.140 e. The van der Waals surface area contributed by atoms with Gasteiger partial charge in [0.1, 0.15) is 52.8 Å². The molecule has 0 aliphatic rings. The van der Waals surface area contributed by atoms with Gasteiger partial charge in [0.15, 0.2) is 0 Å². The third-order valence-corrected chi connectivity index (χ3v) is 5.69. The van der Waals surface area contributed by atoms with Crippen molar-refractivity contribution in [2.24, 2.45) is 0 Å². The second kappa shape index (κ2) is 9.30. The number of aryl methyl sites for hydroxylation is 1. The highest BCUT2D eigenvalue weighted by atomic mass is 32.1. The summed E-state index contributed by atoms with van der Waals surface area (Å²) < 4.78 is 27.3. The summed E-state index contributed by atoms with van der Waals surface area (Å²) in [7, 11) is 0. The van der Waals surface area contributed by atoms with E-state index in [0.717, 1.165) is 15.4 Å². The van der Waals surface area contributed by atoms with E-state index in [2.05, 4.69) is 16.2 Å². The summed E-state index contributed by atoms with van der Waals surface area (Å²) in [5, 5.41) is 15.0. The number of nitriles is 1. The Labute approximate surface area is 194 Å². The van der Waals surface area contributed by atoms with Crippen LogP contribution < -0.4 is 15.2 Å². The Morgan fingerprint density at radius 1 is 1.15 bits per heavy atom. The van der Waals surface area contributed by atoms with Crippen molar-refractivity contribution in [3.8, 4) is 34.6 Å². The number of nitrogens with two attached hydrogens (primary N) is 1. The first-order valence-electron chi connectivity index (χ1n) is 10.2. The molecule has 0 spiro atoms. The van der Waals surface area contributed by atoms with Crippen molar-refractivity contribution in [3.63, 3.8) is 0 Å². The van der Waals surface area contributed by atoms with Crippen LogP contribution in [0.5, 0.6) is 17.2 Å². The van der Waals surface area contributed by atoms with Crippen LogP contribution >= 0.6 is 11.3 Å². The van der Waals surface area contributed by atoms with Gasteiger partial charge in [-0.15, -0.1) is 11.3 Å². The van der Waals surface area contributed by atoms with Gasteiger partial charge in [-0.3, -0.25) is 0 Å². The second-order valence-corrected chi connectivity index (χ2v) is 8.96. The molecule has 2 aromatic heterocycles. The van der Waals surface area contributed by atoms with E-state index in [1.807, 2.05) is 20.8 Å². The number of hydrogen-bond donors (Lipinski definition) is 1. The molecule has 2 N–H and O–H groups in total. The van der Waals surface area contributed by atoms with Crippen molar-refractivity contribution < 1.29 is 13.9 Å². The number of rotatable bonds is 7. The maximum absolute atomic E-state index is 14.1. The fraction of sp³-hybridized carbons (Fsp3) is 0.208. The lowest BCUT2D eigenvalue weighted by molar-refractivity contribution is 0.306. The third kappa shape index (κ3) is 4.96. The first-order chi connectivity index (χ1) is 15.8. The Balaban J connectivity index is 1.51. The Morgan fingerprint density at radius 2 is 1.88 bits per heavy atom. The van der Waals surface area contributed by atoms with E-state index in [1.54, 1.807) is 41.2 Å². The molecule has 0 fully saturated rings. The lowest BCUT2D eigenvalue weighted by Gasteiger charge is -2.10. The molecule has 0 bridgehead atoms. The average Bonchev–Trinajstić information content (AvgIpc) is 3.35. The van der Waals surface area contributed by atoms with Crippen LogP contribution in [0.25, 0.3) is 11.3 Å². The van der Waals surface area contributed by atoms with Crippen LogP contribution in [-0.4, -0.2) is 14.8 Å². The Morgan fingerprint density at radius 3 is 2.52 bits per heavy atom. The number of thiazole rings is 1. The monoisotopic (exact) mass is 463 g/mol. The molecule has 168 valence electrons. The predicted molar refractivity (Wildman–Crippen MR) is 125 cm³/mol. The summed E-state index contributed by atoms with van der Waals surface area (Å²) >= 11 is 1.53. The van der Waals surface area contributed by atoms with Crippen molar-refractivity contribution in [3.05, 3.63) is 69.9 Å². The van der Waals surface area contributed by atoms with Crippen LogP contribution in [0.2, 0.25) is 0 Å². The summed E-state index contributed by atoms with van der Waals surface area (Å²) in [6, 6.07) is 13.4. The molecule has 0 unspecified atom stereocenters. The van der Waals surface area contributed by atoms with Crippen molar-refractivity contribution in [2.75, 3.05) is 5.73 Å². The molecular formula is C24H22FN5O2S. The first kappa shape index (κ1) is 22.3. The average molecular weight is 464 g/mol. The number of hydrogen-bond acceptors (Lipinski definition) is 7. The van der Waals surface area contributed by atoms with E-state index in [1.165, 1.54) is 23.5 Å². The second-order valence-electron chi connectivity index (χ2n) is 7.64. The molecule has 0 atom stereocenters. The summed E-state index contributed by atoms with van der Waals surface area (Å²) in [5.74, 6) is 1.05. The number of ether oxygens (including phenoxy) is 2. The summed E-state index contributed by atoms with van der Waals surface area (Å²) in [4.78, 5) is 5.13. The highest BCUT2D eigenvalue weighted by molar-refractivity contribution is 7.11. The lowest BCUT2D eigenvalue weighted by atomic mass is 10.1. The molecular weight excluding hydrogens is 441 g/mol. The summed E-state index contributed by atoms with van der Waals surface area (Å²) in [6.45, 7) is 6.11.